The molecule has 7 heteroatoms. The second kappa shape index (κ2) is 6.11. The van der Waals surface area contributed by atoms with Crippen LogP contribution >= 0.6 is 23.2 Å². The van der Waals surface area contributed by atoms with E-state index in [0.29, 0.717) is 33.1 Å². The Bertz CT molecular complexity index is 995. The summed E-state index contributed by atoms with van der Waals surface area (Å²) in [6.45, 7) is 0. The van der Waals surface area contributed by atoms with Gasteiger partial charge in [0.15, 0.2) is 0 Å². The molecule has 0 bridgehead atoms. The van der Waals surface area contributed by atoms with Crippen molar-refractivity contribution in [1.29, 1.82) is 0 Å². The molecule has 0 amide bonds. The monoisotopic (exact) mass is 356 g/mol. The molecule has 4 aromatic rings. The van der Waals surface area contributed by atoms with E-state index in [1.54, 1.807) is 18.2 Å². The minimum Gasteiger partial charge on any atom is -0.332 e. The smallest absolute Gasteiger partial charge is 0.276 e. The van der Waals surface area contributed by atoms with Gasteiger partial charge in [0.25, 0.3) is 5.89 Å². The summed E-state index contributed by atoms with van der Waals surface area (Å²) in [4.78, 5) is 4.39. The first-order valence-corrected chi connectivity index (χ1v) is 7.86. The van der Waals surface area contributed by atoms with E-state index < -0.39 is 0 Å². The van der Waals surface area contributed by atoms with E-state index in [1.165, 1.54) is 0 Å². The number of rotatable bonds is 3. The number of hydrogen-bond donors (Lipinski definition) is 1. The van der Waals surface area contributed by atoms with Crippen LogP contribution in [0.5, 0.6) is 0 Å². The van der Waals surface area contributed by atoms with Crippen molar-refractivity contribution in [2.45, 2.75) is 0 Å². The van der Waals surface area contributed by atoms with Crippen LogP contribution in [0.3, 0.4) is 0 Å². The molecule has 0 radical (unpaired) electrons. The van der Waals surface area contributed by atoms with Crippen LogP contribution in [0, 0.1) is 0 Å². The number of aromatic nitrogens is 4. The van der Waals surface area contributed by atoms with Crippen molar-refractivity contribution in [2.75, 3.05) is 0 Å². The van der Waals surface area contributed by atoms with Crippen LogP contribution in [0.15, 0.2) is 59.1 Å². The molecule has 0 aliphatic heterocycles. The third-order valence-corrected chi connectivity index (χ3v) is 4.02. The van der Waals surface area contributed by atoms with Gasteiger partial charge in [-0.2, -0.15) is 10.1 Å². The van der Waals surface area contributed by atoms with E-state index in [4.69, 9.17) is 27.7 Å². The summed E-state index contributed by atoms with van der Waals surface area (Å²) in [7, 11) is 0. The molecule has 0 spiro atoms. The van der Waals surface area contributed by atoms with Crippen molar-refractivity contribution in [2.24, 2.45) is 0 Å². The fourth-order valence-corrected chi connectivity index (χ4v) is 2.81. The first kappa shape index (κ1) is 14.9. The lowest BCUT2D eigenvalue weighted by molar-refractivity contribution is 0.431. The third kappa shape index (κ3) is 2.79. The van der Waals surface area contributed by atoms with Crippen molar-refractivity contribution in [1.82, 2.24) is 20.3 Å². The highest BCUT2D eigenvalue weighted by Crippen LogP contribution is 2.31. The summed E-state index contributed by atoms with van der Waals surface area (Å²) in [5.41, 5.74) is 2.94. The molecule has 0 aliphatic carbocycles. The van der Waals surface area contributed by atoms with E-state index in [1.807, 2.05) is 36.4 Å². The second-order valence-electron chi connectivity index (χ2n) is 5.08. The topological polar surface area (TPSA) is 67.6 Å². The lowest BCUT2D eigenvalue weighted by atomic mass is 10.1. The standard InChI is InChI=1S/C17H10Cl2N4O/c18-11-6-7-12(13(19)8-11)14-9-15(22-21-14)17-20-16(23-24-17)10-4-2-1-3-5-10/h1-9H,(H,21,22). The van der Waals surface area contributed by atoms with Gasteiger partial charge in [-0.3, -0.25) is 5.10 Å². The number of benzene rings is 2. The van der Waals surface area contributed by atoms with Crippen LogP contribution in [0.2, 0.25) is 10.0 Å². The van der Waals surface area contributed by atoms with Crippen molar-refractivity contribution in [3.8, 4) is 34.2 Å². The Morgan fingerprint density at radius 3 is 2.58 bits per heavy atom. The first-order chi connectivity index (χ1) is 11.7. The van der Waals surface area contributed by atoms with Gasteiger partial charge in [0, 0.05) is 16.1 Å². The fourth-order valence-electron chi connectivity index (χ4n) is 2.30. The number of aromatic amines is 1. The Morgan fingerprint density at radius 1 is 0.958 bits per heavy atom. The summed E-state index contributed by atoms with van der Waals surface area (Å²) in [5.74, 6) is 0.879. The summed E-state index contributed by atoms with van der Waals surface area (Å²) in [6.07, 6.45) is 0. The molecule has 0 saturated carbocycles. The van der Waals surface area contributed by atoms with Crippen molar-refractivity contribution >= 4 is 23.2 Å². The maximum Gasteiger partial charge on any atom is 0.276 e. The zero-order valence-corrected chi connectivity index (χ0v) is 13.7. The summed E-state index contributed by atoms with van der Waals surface area (Å²) < 4.78 is 5.32. The van der Waals surface area contributed by atoms with Crippen molar-refractivity contribution < 1.29 is 4.52 Å². The molecule has 4 rings (SSSR count). The molecule has 2 heterocycles. The van der Waals surface area contributed by atoms with E-state index in [-0.39, 0.29) is 0 Å². The molecule has 0 saturated heterocycles. The number of nitrogens with one attached hydrogen (secondary N) is 1. The Morgan fingerprint density at radius 2 is 1.79 bits per heavy atom. The highest BCUT2D eigenvalue weighted by Gasteiger charge is 2.15. The van der Waals surface area contributed by atoms with Crippen molar-refractivity contribution in [3.05, 3.63) is 64.6 Å². The molecule has 1 N–H and O–H groups in total. The minimum absolute atomic E-state index is 0.359. The van der Waals surface area contributed by atoms with Crippen LogP contribution < -0.4 is 0 Å². The van der Waals surface area contributed by atoms with Crippen LogP contribution in [0.25, 0.3) is 34.2 Å². The quantitative estimate of drug-likeness (QED) is 0.554. The van der Waals surface area contributed by atoms with Gasteiger partial charge in [-0.1, -0.05) is 58.7 Å². The molecule has 2 aromatic carbocycles. The maximum absolute atomic E-state index is 6.21. The molecule has 118 valence electrons. The second-order valence-corrected chi connectivity index (χ2v) is 5.92. The molecule has 0 aliphatic rings. The molecule has 24 heavy (non-hydrogen) atoms. The molecule has 2 aromatic heterocycles. The predicted octanol–water partition coefficient (Wildman–Crippen LogP) is 5.10. The summed E-state index contributed by atoms with van der Waals surface area (Å²) in [6, 6.07) is 16.7. The number of nitrogens with zero attached hydrogens (tertiary/aromatic N) is 3. The van der Waals surface area contributed by atoms with Crippen LogP contribution in [0.4, 0.5) is 0 Å². The molecule has 0 atom stereocenters. The van der Waals surface area contributed by atoms with Gasteiger partial charge in [0.1, 0.15) is 5.69 Å². The van der Waals surface area contributed by atoms with Gasteiger partial charge in [-0.25, -0.2) is 0 Å². The zero-order valence-electron chi connectivity index (χ0n) is 12.2. The molecular formula is C17H10Cl2N4O. The van der Waals surface area contributed by atoms with Gasteiger partial charge in [-0.15, -0.1) is 0 Å². The van der Waals surface area contributed by atoms with Crippen LogP contribution in [0.1, 0.15) is 0 Å². The number of hydrogen-bond acceptors (Lipinski definition) is 4. The Balaban J connectivity index is 1.67. The van der Waals surface area contributed by atoms with E-state index in [0.717, 1.165) is 11.1 Å². The zero-order chi connectivity index (χ0) is 16.5. The third-order valence-electron chi connectivity index (χ3n) is 3.47. The van der Waals surface area contributed by atoms with Gasteiger partial charge in [0.2, 0.25) is 5.82 Å². The van der Waals surface area contributed by atoms with Crippen molar-refractivity contribution in [3.63, 3.8) is 0 Å². The van der Waals surface area contributed by atoms with Crippen LogP contribution in [-0.2, 0) is 0 Å². The average molecular weight is 357 g/mol. The lowest BCUT2D eigenvalue weighted by Crippen LogP contribution is -1.80. The maximum atomic E-state index is 6.21. The van der Waals surface area contributed by atoms with E-state index in [2.05, 4.69) is 20.3 Å². The SMILES string of the molecule is Clc1ccc(-c2cc(-c3nc(-c4ccccc4)no3)[nH]n2)c(Cl)c1. The van der Waals surface area contributed by atoms with Gasteiger partial charge >= 0.3 is 0 Å². The lowest BCUT2D eigenvalue weighted by Gasteiger charge is -1.99. The normalized spacial score (nSPS) is 10.9. The van der Waals surface area contributed by atoms with Gasteiger partial charge < -0.3 is 4.52 Å². The van der Waals surface area contributed by atoms with E-state index >= 15 is 0 Å². The van der Waals surface area contributed by atoms with E-state index in [9.17, 15) is 0 Å². The first-order valence-electron chi connectivity index (χ1n) is 7.11. The molecule has 0 unspecified atom stereocenters. The highest BCUT2D eigenvalue weighted by atomic mass is 35.5. The van der Waals surface area contributed by atoms with Gasteiger partial charge in [-0.05, 0) is 24.3 Å². The molecule has 0 fully saturated rings. The highest BCUT2D eigenvalue weighted by molar-refractivity contribution is 6.36. The number of H-pyrrole nitrogens is 1. The average Bonchev–Trinajstić information content (AvgIpc) is 3.25. The largest absolute Gasteiger partial charge is 0.332 e. The summed E-state index contributed by atoms with van der Waals surface area (Å²) >= 11 is 12.1. The Labute approximate surface area is 147 Å². The molecule has 5 nitrogen and oxygen atoms in total. The Kier molecular flexibility index (Phi) is 3.80. The fraction of sp³-hybridized carbons (Fsp3) is 0. The predicted molar refractivity (Wildman–Crippen MR) is 92.8 cm³/mol. The molecular weight excluding hydrogens is 347 g/mol. The summed E-state index contributed by atoms with van der Waals surface area (Å²) in [5, 5.41) is 12.2. The minimum atomic E-state index is 0.359. The van der Waals surface area contributed by atoms with Crippen LogP contribution in [-0.4, -0.2) is 20.3 Å². The van der Waals surface area contributed by atoms with Gasteiger partial charge in [0.05, 0.1) is 10.7 Å². The number of halogens is 2. The Hall–Kier alpha value is -2.63.